The number of halogens is 4. The first-order valence-electron chi connectivity index (χ1n) is 5.55. The zero-order chi connectivity index (χ0) is 14.0. The quantitative estimate of drug-likeness (QED) is 0.797. The van der Waals surface area contributed by atoms with Gasteiger partial charge in [-0.25, -0.2) is 4.39 Å². The van der Waals surface area contributed by atoms with Crippen molar-refractivity contribution in [1.29, 1.82) is 0 Å². The minimum Gasteiger partial charge on any atom is -0.388 e. The van der Waals surface area contributed by atoms with Crippen LogP contribution in [0.2, 0.25) is 10.0 Å². The number of rotatable bonds is 3. The van der Waals surface area contributed by atoms with Crippen LogP contribution in [0.5, 0.6) is 0 Å². The molecule has 0 aromatic heterocycles. The van der Waals surface area contributed by atoms with Crippen LogP contribution < -0.4 is 0 Å². The third kappa shape index (κ3) is 3.48. The lowest BCUT2D eigenvalue weighted by Gasteiger charge is -2.14. The van der Waals surface area contributed by atoms with Crippen molar-refractivity contribution in [3.8, 4) is 0 Å². The van der Waals surface area contributed by atoms with Gasteiger partial charge in [-0.2, -0.15) is 0 Å². The molecule has 0 fully saturated rings. The molecule has 1 atom stereocenters. The van der Waals surface area contributed by atoms with Crippen LogP contribution in [0.15, 0.2) is 40.9 Å². The summed E-state index contributed by atoms with van der Waals surface area (Å²) in [5, 5.41) is 11.2. The molecule has 2 aromatic carbocycles. The first kappa shape index (κ1) is 14.8. The SMILES string of the molecule is OC(Cc1c(Cl)cccc1Cl)c1ccc(F)c(Br)c1. The van der Waals surface area contributed by atoms with Crippen LogP contribution in [0.4, 0.5) is 4.39 Å². The maximum absolute atomic E-state index is 13.1. The van der Waals surface area contributed by atoms with Gasteiger partial charge in [0, 0.05) is 16.5 Å². The number of aliphatic hydroxyl groups excluding tert-OH is 1. The minimum absolute atomic E-state index is 0.274. The predicted molar refractivity (Wildman–Crippen MR) is 79.2 cm³/mol. The fourth-order valence-electron chi connectivity index (χ4n) is 1.76. The zero-order valence-corrected chi connectivity index (χ0v) is 12.8. The van der Waals surface area contributed by atoms with Crippen molar-refractivity contribution < 1.29 is 9.50 Å². The standard InChI is InChI=1S/C14H10BrCl2FO/c15-10-6-8(4-5-13(10)18)14(19)7-9-11(16)2-1-3-12(9)17/h1-6,14,19H,7H2. The Morgan fingerprint density at radius 1 is 1.16 bits per heavy atom. The highest BCUT2D eigenvalue weighted by Gasteiger charge is 2.14. The summed E-state index contributed by atoms with van der Waals surface area (Å²) in [6.45, 7) is 0. The van der Waals surface area contributed by atoms with Crippen LogP contribution in [-0.4, -0.2) is 5.11 Å². The summed E-state index contributed by atoms with van der Waals surface area (Å²) in [5.74, 6) is -0.369. The predicted octanol–water partition coefficient (Wildman–Crippen LogP) is 5.17. The summed E-state index contributed by atoms with van der Waals surface area (Å²) in [5.41, 5.74) is 1.28. The lowest BCUT2D eigenvalue weighted by Crippen LogP contribution is -2.03. The van der Waals surface area contributed by atoms with Crippen LogP contribution >= 0.6 is 39.1 Å². The van der Waals surface area contributed by atoms with Gasteiger partial charge < -0.3 is 5.11 Å². The molecule has 0 spiro atoms. The van der Waals surface area contributed by atoms with E-state index in [1.54, 1.807) is 24.3 Å². The second kappa shape index (κ2) is 6.23. The lowest BCUT2D eigenvalue weighted by atomic mass is 10.0. The van der Waals surface area contributed by atoms with Crippen molar-refractivity contribution in [1.82, 2.24) is 0 Å². The Bertz CT molecular complexity index is 584. The Morgan fingerprint density at radius 2 is 1.79 bits per heavy atom. The maximum atomic E-state index is 13.1. The van der Waals surface area contributed by atoms with E-state index < -0.39 is 6.10 Å². The highest BCUT2D eigenvalue weighted by atomic mass is 79.9. The van der Waals surface area contributed by atoms with E-state index >= 15 is 0 Å². The molecule has 1 N–H and O–H groups in total. The van der Waals surface area contributed by atoms with E-state index in [-0.39, 0.29) is 12.2 Å². The molecule has 2 aromatic rings. The Balaban J connectivity index is 2.25. The number of hydrogen-bond acceptors (Lipinski definition) is 1. The average molecular weight is 364 g/mol. The summed E-state index contributed by atoms with van der Waals surface area (Å²) < 4.78 is 13.5. The second-order valence-corrected chi connectivity index (χ2v) is 5.76. The van der Waals surface area contributed by atoms with Crippen LogP contribution in [0.3, 0.4) is 0 Å². The van der Waals surface area contributed by atoms with Gasteiger partial charge in [-0.05, 0) is 51.3 Å². The summed E-state index contributed by atoms with van der Waals surface area (Å²) in [4.78, 5) is 0. The molecule has 0 aliphatic carbocycles. The van der Waals surface area contributed by atoms with Crippen molar-refractivity contribution in [3.05, 3.63) is 67.9 Å². The molecule has 5 heteroatoms. The molecule has 0 amide bonds. The largest absolute Gasteiger partial charge is 0.388 e. The topological polar surface area (TPSA) is 20.2 Å². The molecule has 1 nitrogen and oxygen atoms in total. The first-order chi connectivity index (χ1) is 8.99. The average Bonchev–Trinajstić information content (AvgIpc) is 2.37. The molecule has 0 heterocycles. The zero-order valence-electron chi connectivity index (χ0n) is 9.71. The van der Waals surface area contributed by atoms with Crippen LogP contribution in [-0.2, 0) is 6.42 Å². The van der Waals surface area contributed by atoms with Gasteiger partial charge in [0.1, 0.15) is 5.82 Å². The van der Waals surface area contributed by atoms with Gasteiger partial charge in [-0.1, -0.05) is 35.3 Å². The van der Waals surface area contributed by atoms with Crippen molar-refractivity contribution in [2.75, 3.05) is 0 Å². The fourth-order valence-corrected chi connectivity index (χ4v) is 2.71. The van der Waals surface area contributed by atoms with E-state index in [1.165, 1.54) is 12.1 Å². The molecule has 0 aliphatic heterocycles. The summed E-state index contributed by atoms with van der Waals surface area (Å²) in [6.07, 6.45) is -0.523. The van der Waals surface area contributed by atoms with Gasteiger partial charge in [0.15, 0.2) is 0 Å². The highest BCUT2D eigenvalue weighted by molar-refractivity contribution is 9.10. The highest BCUT2D eigenvalue weighted by Crippen LogP contribution is 2.30. The molecule has 0 radical (unpaired) electrons. The number of benzene rings is 2. The van der Waals surface area contributed by atoms with Gasteiger partial charge in [0.05, 0.1) is 10.6 Å². The normalized spacial score (nSPS) is 12.5. The summed E-state index contributed by atoms with van der Waals surface area (Å²) >= 11 is 15.2. The van der Waals surface area contributed by atoms with E-state index in [1.807, 2.05) is 0 Å². The van der Waals surface area contributed by atoms with Crippen LogP contribution in [0, 0.1) is 5.82 Å². The molecule has 0 aliphatic rings. The monoisotopic (exact) mass is 362 g/mol. The van der Waals surface area contributed by atoms with Crippen LogP contribution in [0.1, 0.15) is 17.2 Å². The number of aliphatic hydroxyl groups is 1. The molecular formula is C14H10BrCl2FO. The molecule has 1 unspecified atom stereocenters. The molecule has 0 saturated heterocycles. The van der Waals surface area contributed by atoms with Crippen molar-refractivity contribution in [2.45, 2.75) is 12.5 Å². The molecule has 19 heavy (non-hydrogen) atoms. The van der Waals surface area contributed by atoms with Gasteiger partial charge >= 0.3 is 0 Å². The van der Waals surface area contributed by atoms with E-state index in [4.69, 9.17) is 23.2 Å². The third-order valence-corrected chi connectivity index (χ3v) is 4.10. The van der Waals surface area contributed by atoms with Crippen molar-refractivity contribution in [3.63, 3.8) is 0 Å². The van der Waals surface area contributed by atoms with Crippen molar-refractivity contribution >= 4 is 39.1 Å². The Morgan fingerprint density at radius 3 is 2.37 bits per heavy atom. The molecular weight excluding hydrogens is 354 g/mol. The third-order valence-electron chi connectivity index (χ3n) is 2.79. The number of hydrogen-bond donors (Lipinski definition) is 1. The van der Waals surface area contributed by atoms with Crippen molar-refractivity contribution in [2.24, 2.45) is 0 Å². The van der Waals surface area contributed by atoms with Gasteiger partial charge in [-0.3, -0.25) is 0 Å². The van der Waals surface area contributed by atoms with E-state index in [0.717, 1.165) is 0 Å². The summed E-state index contributed by atoms with van der Waals surface area (Å²) in [6, 6.07) is 9.57. The smallest absolute Gasteiger partial charge is 0.137 e. The molecule has 0 bridgehead atoms. The van der Waals surface area contributed by atoms with Gasteiger partial charge in [0.2, 0.25) is 0 Å². The van der Waals surface area contributed by atoms with E-state index in [2.05, 4.69) is 15.9 Å². The Kier molecular flexibility index (Phi) is 4.85. The lowest BCUT2D eigenvalue weighted by molar-refractivity contribution is 0.178. The van der Waals surface area contributed by atoms with E-state index in [0.29, 0.717) is 25.6 Å². The molecule has 0 saturated carbocycles. The Labute approximate surface area is 129 Å². The van der Waals surface area contributed by atoms with Gasteiger partial charge in [0.25, 0.3) is 0 Å². The minimum atomic E-state index is -0.797. The summed E-state index contributed by atoms with van der Waals surface area (Å²) in [7, 11) is 0. The molecule has 2 rings (SSSR count). The van der Waals surface area contributed by atoms with Crippen LogP contribution in [0.25, 0.3) is 0 Å². The molecule has 100 valence electrons. The second-order valence-electron chi connectivity index (χ2n) is 4.09. The first-order valence-corrected chi connectivity index (χ1v) is 7.10. The fraction of sp³-hybridized carbons (Fsp3) is 0.143. The maximum Gasteiger partial charge on any atom is 0.137 e. The Hall–Kier alpha value is -0.610. The van der Waals surface area contributed by atoms with Gasteiger partial charge in [-0.15, -0.1) is 0 Å². The van der Waals surface area contributed by atoms with E-state index in [9.17, 15) is 9.50 Å².